The zero-order valence-corrected chi connectivity index (χ0v) is 15.8. The summed E-state index contributed by atoms with van der Waals surface area (Å²) in [4.78, 5) is 24.9. The maximum Gasteiger partial charge on any atom is 0.341 e. The van der Waals surface area contributed by atoms with Gasteiger partial charge in [0.25, 0.3) is 5.91 Å². The van der Waals surface area contributed by atoms with Gasteiger partial charge in [0, 0.05) is 24.6 Å². The Labute approximate surface area is 157 Å². The van der Waals surface area contributed by atoms with Crippen LogP contribution in [0.1, 0.15) is 32.5 Å². The average molecular weight is 391 g/mol. The van der Waals surface area contributed by atoms with E-state index in [0.717, 1.165) is 17.0 Å². The molecule has 0 fully saturated rings. The van der Waals surface area contributed by atoms with Crippen molar-refractivity contribution in [2.75, 3.05) is 19.4 Å². The zero-order valence-electron chi connectivity index (χ0n) is 14.2. The maximum absolute atomic E-state index is 12.3. The third-order valence-electron chi connectivity index (χ3n) is 3.58. The van der Waals surface area contributed by atoms with E-state index in [-0.39, 0.29) is 23.1 Å². The molecule has 3 N–H and O–H groups in total. The van der Waals surface area contributed by atoms with Crippen LogP contribution in [0.15, 0.2) is 29.6 Å². The first-order valence-corrected chi connectivity index (χ1v) is 9.59. The molecule has 0 saturated carbocycles. The van der Waals surface area contributed by atoms with Crippen LogP contribution < -0.4 is 11.1 Å². The van der Waals surface area contributed by atoms with Gasteiger partial charge in [0.15, 0.2) is 10.8 Å². The zero-order chi connectivity index (χ0) is 18.7. The summed E-state index contributed by atoms with van der Waals surface area (Å²) in [6.07, 6.45) is 1.85. The molecule has 26 heavy (non-hydrogen) atoms. The van der Waals surface area contributed by atoms with Gasteiger partial charge in [0.05, 0.1) is 17.0 Å². The molecule has 0 aliphatic heterocycles. The molecule has 8 nitrogen and oxygen atoms in total. The van der Waals surface area contributed by atoms with Crippen molar-refractivity contribution >= 4 is 45.6 Å². The first kappa shape index (κ1) is 18.2. The minimum Gasteiger partial charge on any atom is -0.462 e. The van der Waals surface area contributed by atoms with Crippen LogP contribution in [-0.2, 0) is 10.5 Å². The lowest BCUT2D eigenvalue weighted by Crippen LogP contribution is -2.18. The normalized spacial score (nSPS) is 10.8. The number of amides is 1. The quantitative estimate of drug-likeness (QED) is 0.489. The van der Waals surface area contributed by atoms with E-state index in [1.807, 2.05) is 28.8 Å². The number of ether oxygens (including phenoxy) is 1. The first-order valence-electron chi connectivity index (χ1n) is 7.79. The molecule has 3 rings (SSSR count). The number of hydrogen-bond donors (Lipinski definition) is 2. The highest BCUT2D eigenvalue weighted by molar-refractivity contribution is 7.98. The molecule has 136 valence electrons. The van der Waals surface area contributed by atoms with E-state index < -0.39 is 5.97 Å². The van der Waals surface area contributed by atoms with Crippen LogP contribution in [-0.4, -0.2) is 40.1 Å². The van der Waals surface area contributed by atoms with Gasteiger partial charge in [-0.05, 0) is 19.1 Å². The van der Waals surface area contributed by atoms with Crippen LogP contribution in [0.5, 0.6) is 0 Å². The molecule has 10 heteroatoms. The minimum atomic E-state index is -0.530. The third kappa shape index (κ3) is 3.37. The Morgan fingerprint density at radius 1 is 1.38 bits per heavy atom. The highest BCUT2D eigenvalue weighted by Gasteiger charge is 2.27. The number of hydrogen-bond acceptors (Lipinski definition) is 8. The number of rotatable bonds is 6. The summed E-state index contributed by atoms with van der Waals surface area (Å²) >= 11 is 2.44. The molecule has 0 aliphatic carbocycles. The van der Waals surface area contributed by atoms with Crippen molar-refractivity contribution < 1.29 is 14.3 Å². The van der Waals surface area contributed by atoms with Crippen LogP contribution in [0.4, 0.5) is 5.00 Å². The number of fused-ring (bicyclic) bond motifs is 1. The van der Waals surface area contributed by atoms with Crippen LogP contribution in [0, 0.1) is 0 Å². The summed E-state index contributed by atoms with van der Waals surface area (Å²) in [6, 6.07) is 5.60. The molecule has 3 heterocycles. The number of carbonyl (C=O) groups is 2. The van der Waals surface area contributed by atoms with Crippen molar-refractivity contribution in [1.29, 1.82) is 0 Å². The highest BCUT2D eigenvalue weighted by Crippen LogP contribution is 2.35. The lowest BCUT2D eigenvalue weighted by Gasteiger charge is -2.07. The summed E-state index contributed by atoms with van der Waals surface area (Å²) < 4.78 is 6.93. The van der Waals surface area contributed by atoms with Gasteiger partial charge in [-0.2, -0.15) is 0 Å². The van der Waals surface area contributed by atoms with Gasteiger partial charge in [0.2, 0.25) is 0 Å². The number of nitrogens with one attached hydrogen (secondary N) is 1. The van der Waals surface area contributed by atoms with Crippen molar-refractivity contribution in [2.45, 2.75) is 17.8 Å². The second-order valence-corrected chi connectivity index (χ2v) is 7.14. The summed E-state index contributed by atoms with van der Waals surface area (Å²) in [5, 5.41) is 11.8. The molecule has 0 radical (unpaired) electrons. The van der Waals surface area contributed by atoms with Crippen LogP contribution in [0.25, 0.3) is 5.65 Å². The van der Waals surface area contributed by atoms with E-state index in [9.17, 15) is 9.59 Å². The summed E-state index contributed by atoms with van der Waals surface area (Å²) in [5.41, 5.74) is 7.51. The van der Waals surface area contributed by atoms with Crippen molar-refractivity contribution in [2.24, 2.45) is 0 Å². The first-order chi connectivity index (χ1) is 12.6. The van der Waals surface area contributed by atoms with Crippen molar-refractivity contribution in [3.05, 3.63) is 40.4 Å². The van der Waals surface area contributed by atoms with Gasteiger partial charge < -0.3 is 15.8 Å². The number of aromatic nitrogens is 3. The molecule has 0 bridgehead atoms. The van der Waals surface area contributed by atoms with E-state index >= 15 is 0 Å². The standard InChI is InChI=1S/C16H17N5O3S2/c1-3-24-15(23)11-9(12(14(22)18-2)26-13(11)17)8-25-16-20-19-10-6-4-5-7-21(10)16/h4-7H,3,8,17H2,1-2H3,(H,18,22). The minimum absolute atomic E-state index is 0.227. The third-order valence-corrected chi connectivity index (χ3v) is 5.60. The summed E-state index contributed by atoms with van der Waals surface area (Å²) in [7, 11) is 1.53. The lowest BCUT2D eigenvalue weighted by atomic mass is 10.1. The molecular formula is C16H17N5O3S2. The highest BCUT2D eigenvalue weighted by atomic mass is 32.2. The second-order valence-electron chi connectivity index (χ2n) is 5.15. The molecule has 0 spiro atoms. The number of thiophene rings is 1. The Hall–Kier alpha value is -2.59. The maximum atomic E-state index is 12.3. The molecular weight excluding hydrogens is 374 g/mol. The van der Waals surface area contributed by atoms with Crippen molar-refractivity contribution in [3.8, 4) is 0 Å². The SMILES string of the molecule is CCOC(=O)c1c(N)sc(C(=O)NC)c1CSc1nnc2ccccn12. The lowest BCUT2D eigenvalue weighted by molar-refractivity contribution is 0.0527. The van der Waals surface area contributed by atoms with Gasteiger partial charge in [-0.25, -0.2) is 4.79 Å². The van der Waals surface area contributed by atoms with E-state index in [0.29, 0.717) is 21.3 Å². The Morgan fingerprint density at radius 3 is 2.92 bits per heavy atom. The monoisotopic (exact) mass is 391 g/mol. The molecule has 0 aliphatic rings. The van der Waals surface area contributed by atoms with E-state index in [1.54, 1.807) is 6.92 Å². The van der Waals surface area contributed by atoms with E-state index in [2.05, 4.69) is 15.5 Å². The fourth-order valence-electron chi connectivity index (χ4n) is 2.40. The fraction of sp³-hybridized carbons (Fsp3) is 0.250. The molecule has 0 unspecified atom stereocenters. The molecule has 0 aromatic carbocycles. The molecule has 0 atom stereocenters. The Morgan fingerprint density at radius 2 is 2.19 bits per heavy atom. The smallest absolute Gasteiger partial charge is 0.341 e. The van der Waals surface area contributed by atoms with Crippen molar-refractivity contribution in [1.82, 2.24) is 19.9 Å². The van der Waals surface area contributed by atoms with E-state index in [1.165, 1.54) is 18.8 Å². The topological polar surface area (TPSA) is 112 Å². The van der Waals surface area contributed by atoms with Gasteiger partial charge in [-0.3, -0.25) is 9.20 Å². The number of carbonyl (C=O) groups excluding carboxylic acids is 2. The van der Waals surface area contributed by atoms with Gasteiger partial charge in [-0.15, -0.1) is 21.5 Å². The molecule has 3 aromatic heterocycles. The predicted octanol–water partition coefficient (Wildman–Crippen LogP) is 2.20. The Balaban J connectivity index is 1.96. The predicted molar refractivity (Wildman–Crippen MR) is 101 cm³/mol. The number of nitrogens with zero attached hydrogens (tertiary/aromatic N) is 3. The molecule has 0 saturated heterocycles. The van der Waals surface area contributed by atoms with Crippen LogP contribution in [0.2, 0.25) is 0 Å². The average Bonchev–Trinajstić information content (AvgIpc) is 3.20. The van der Waals surface area contributed by atoms with Gasteiger partial charge in [-0.1, -0.05) is 17.8 Å². The van der Waals surface area contributed by atoms with Crippen molar-refractivity contribution in [3.63, 3.8) is 0 Å². The summed E-state index contributed by atoms with van der Waals surface area (Å²) in [6.45, 7) is 1.95. The van der Waals surface area contributed by atoms with Gasteiger partial charge in [0.1, 0.15) is 5.00 Å². The van der Waals surface area contributed by atoms with Crippen LogP contribution in [0.3, 0.4) is 0 Å². The largest absolute Gasteiger partial charge is 0.462 e. The van der Waals surface area contributed by atoms with Crippen LogP contribution >= 0.6 is 23.1 Å². The van der Waals surface area contributed by atoms with E-state index in [4.69, 9.17) is 10.5 Å². The summed E-state index contributed by atoms with van der Waals surface area (Å²) in [5.74, 6) is -0.489. The number of pyridine rings is 1. The Bertz CT molecular complexity index is 966. The Kier molecular flexibility index (Phi) is 5.43. The number of nitrogen functional groups attached to an aromatic ring is 1. The second kappa shape index (κ2) is 7.75. The number of esters is 1. The number of nitrogens with two attached hydrogens (primary N) is 1. The van der Waals surface area contributed by atoms with Gasteiger partial charge >= 0.3 is 5.97 Å². The fourth-order valence-corrected chi connectivity index (χ4v) is 4.47. The molecule has 1 amide bonds. The number of anilines is 1. The molecule has 3 aromatic rings. The number of thioether (sulfide) groups is 1.